The molecule has 1 atom stereocenters. The summed E-state index contributed by atoms with van der Waals surface area (Å²) < 4.78 is 0.945. The summed E-state index contributed by atoms with van der Waals surface area (Å²) in [6, 6.07) is 0. The van der Waals surface area contributed by atoms with Crippen molar-refractivity contribution in [1.82, 2.24) is 0 Å². The molecular formula is C14H31NO3. The number of quaternary nitrogens is 1. The smallest absolute Gasteiger partial charge is 0.0802 e. The van der Waals surface area contributed by atoms with Gasteiger partial charge in [0.1, 0.15) is 0 Å². The van der Waals surface area contributed by atoms with Gasteiger partial charge in [0, 0.05) is 19.0 Å². The Labute approximate surface area is 112 Å². The maximum absolute atomic E-state index is 10.3. The first-order valence-corrected chi connectivity index (χ1v) is 6.90. The van der Waals surface area contributed by atoms with Crippen LogP contribution in [0, 0.1) is 5.92 Å². The molecule has 0 aliphatic rings. The van der Waals surface area contributed by atoms with Gasteiger partial charge in [-0.05, 0) is 18.8 Å². The van der Waals surface area contributed by atoms with Crippen LogP contribution in [0.3, 0.4) is 0 Å². The monoisotopic (exact) mass is 261 g/mol. The number of aliphatic hydroxyl groups excluding tert-OH is 1. The quantitative estimate of drug-likeness (QED) is 0.664. The lowest BCUT2D eigenvalue weighted by atomic mass is 10.00. The van der Waals surface area contributed by atoms with Crippen molar-refractivity contribution in [3.05, 3.63) is 0 Å². The first kappa shape index (κ1) is 19.7. The number of carbonyl (C=O) groups is 1. The summed E-state index contributed by atoms with van der Waals surface area (Å²) in [6.45, 7) is 5.31. The molecule has 0 saturated heterocycles. The second-order valence-corrected chi connectivity index (χ2v) is 5.66. The number of nitrogens with zero attached hydrogens (tertiary/aromatic N) is 1. The summed E-state index contributed by atoms with van der Waals surface area (Å²) in [4.78, 5) is 10.3. The Morgan fingerprint density at radius 2 is 1.78 bits per heavy atom. The molecule has 0 radical (unpaired) electrons. The predicted octanol–water partition coefficient (Wildman–Crippen LogP) is 1.03. The fourth-order valence-electron chi connectivity index (χ4n) is 1.48. The van der Waals surface area contributed by atoms with Crippen LogP contribution in [-0.4, -0.2) is 49.9 Å². The average molecular weight is 261 g/mol. The van der Waals surface area contributed by atoms with Gasteiger partial charge in [0.15, 0.2) is 0 Å². The van der Waals surface area contributed by atoms with E-state index < -0.39 is 5.97 Å². The van der Waals surface area contributed by atoms with Crippen molar-refractivity contribution in [2.75, 3.05) is 34.3 Å². The maximum Gasteiger partial charge on any atom is 0.0802 e. The number of hydrogen-bond donors (Lipinski definition) is 1. The van der Waals surface area contributed by atoms with Gasteiger partial charge in [0.2, 0.25) is 0 Å². The Hall–Kier alpha value is -0.610. The number of carboxylic acids is 1. The van der Waals surface area contributed by atoms with Crippen LogP contribution in [-0.2, 0) is 4.79 Å². The van der Waals surface area contributed by atoms with Crippen molar-refractivity contribution in [2.45, 2.75) is 46.0 Å². The van der Waals surface area contributed by atoms with Crippen LogP contribution >= 0.6 is 0 Å². The maximum atomic E-state index is 10.3. The number of unbranched alkanes of at least 4 members (excludes halogenated alkanes) is 1. The van der Waals surface area contributed by atoms with Gasteiger partial charge >= 0.3 is 0 Å². The van der Waals surface area contributed by atoms with E-state index in [9.17, 15) is 9.90 Å². The van der Waals surface area contributed by atoms with Gasteiger partial charge in [-0.3, -0.25) is 0 Å². The molecule has 0 aromatic carbocycles. The number of carboxylic acid groups (broad SMARTS) is 1. The molecule has 0 aliphatic carbocycles. The van der Waals surface area contributed by atoms with Crippen LogP contribution < -0.4 is 5.11 Å². The van der Waals surface area contributed by atoms with Gasteiger partial charge in [-0.25, -0.2) is 0 Å². The summed E-state index contributed by atoms with van der Waals surface area (Å²) in [5.74, 6) is -1.11. The Morgan fingerprint density at radius 1 is 1.22 bits per heavy atom. The minimum atomic E-state index is -0.893. The Bertz CT molecular complexity index is 200. The zero-order chi connectivity index (χ0) is 14.6. The molecule has 18 heavy (non-hydrogen) atoms. The van der Waals surface area contributed by atoms with Gasteiger partial charge in [-0.1, -0.05) is 26.7 Å². The second kappa shape index (κ2) is 11.5. The fraction of sp³-hybridized carbons (Fsp3) is 0.929. The van der Waals surface area contributed by atoms with Crippen molar-refractivity contribution < 1.29 is 19.5 Å². The molecular weight excluding hydrogens is 230 g/mol. The average Bonchev–Trinajstić information content (AvgIpc) is 2.27. The van der Waals surface area contributed by atoms with Crippen molar-refractivity contribution in [1.29, 1.82) is 0 Å². The molecule has 0 spiro atoms. The third kappa shape index (κ3) is 15.4. The van der Waals surface area contributed by atoms with Gasteiger partial charge < -0.3 is 19.5 Å². The van der Waals surface area contributed by atoms with E-state index in [0.29, 0.717) is 13.0 Å². The third-order valence-corrected chi connectivity index (χ3v) is 2.72. The standard InChI is InChI=1S/C8H16O2.C6H16NO/c1-3-5-6-7(4-2)8(9)10;1-7(2,3)5-4-6-8/h7H,3-6H2,1-2H3,(H,9,10);8H,4-6H2,1-3H3/q;+1/p-1. The van der Waals surface area contributed by atoms with E-state index in [4.69, 9.17) is 5.11 Å². The number of aliphatic hydroxyl groups is 1. The SMILES string of the molecule is CCCCC(CC)C(=O)[O-].C[N+](C)(C)CCCO. The Morgan fingerprint density at radius 3 is 2.00 bits per heavy atom. The first-order chi connectivity index (χ1) is 8.28. The van der Waals surface area contributed by atoms with E-state index in [-0.39, 0.29) is 5.92 Å². The highest BCUT2D eigenvalue weighted by atomic mass is 16.4. The molecule has 0 heterocycles. The topological polar surface area (TPSA) is 60.4 Å². The highest BCUT2D eigenvalue weighted by Crippen LogP contribution is 2.10. The zero-order valence-electron chi connectivity index (χ0n) is 12.7. The molecule has 0 fully saturated rings. The van der Waals surface area contributed by atoms with Crippen molar-refractivity contribution in [3.63, 3.8) is 0 Å². The summed E-state index contributed by atoms with van der Waals surface area (Å²) in [7, 11) is 6.36. The molecule has 0 amide bonds. The number of rotatable bonds is 8. The minimum absolute atomic E-state index is 0.222. The van der Waals surface area contributed by atoms with Crippen LogP contribution in [0.25, 0.3) is 0 Å². The summed E-state index contributed by atoms with van der Waals surface area (Å²) in [5, 5.41) is 18.7. The molecule has 4 heteroatoms. The lowest BCUT2D eigenvalue weighted by Gasteiger charge is -2.22. The van der Waals surface area contributed by atoms with Crippen LogP contribution in [0.5, 0.6) is 0 Å². The molecule has 1 unspecified atom stereocenters. The number of aliphatic carboxylic acids is 1. The summed E-state index contributed by atoms with van der Waals surface area (Å²) in [6.07, 6.45) is 4.43. The van der Waals surface area contributed by atoms with E-state index in [1.54, 1.807) is 0 Å². The Balaban J connectivity index is 0. The second-order valence-electron chi connectivity index (χ2n) is 5.66. The molecule has 0 rings (SSSR count). The summed E-state index contributed by atoms with van der Waals surface area (Å²) >= 11 is 0. The molecule has 4 nitrogen and oxygen atoms in total. The normalized spacial score (nSPS) is 12.6. The molecule has 0 saturated carbocycles. The number of carbonyl (C=O) groups excluding carboxylic acids is 1. The van der Waals surface area contributed by atoms with E-state index >= 15 is 0 Å². The van der Waals surface area contributed by atoms with Crippen LogP contribution in [0.2, 0.25) is 0 Å². The van der Waals surface area contributed by atoms with Crippen molar-refractivity contribution in [3.8, 4) is 0 Å². The Kier molecular flexibility index (Phi) is 12.6. The fourth-order valence-corrected chi connectivity index (χ4v) is 1.48. The van der Waals surface area contributed by atoms with Crippen molar-refractivity contribution in [2.24, 2.45) is 5.92 Å². The van der Waals surface area contributed by atoms with E-state index in [1.165, 1.54) is 0 Å². The first-order valence-electron chi connectivity index (χ1n) is 6.90. The zero-order valence-corrected chi connectivity index (χ0v) is 12.7. The van der Waals surface area contributed by atoms with Gasteiger partial charge in [-0.2, -0.15) is 0 Å². The molecule has 0 aromatic rings. The van der Waals surface area contributed by atoms with E-state index in [1.807, 2.05) is 6.92 Å². The highest BCUT2D eigenvalue weighted by Gasteiger charge is 2.05. The van der Waals surface area contributed by atoms with Crippen molar-refractivity contribution >= 4 is 5.97 Å². The van der Waals surface area contributed by atoms with Crippen LogP contribution in [0.15, 0.2) is 0 Å². The van der Waals surface area contributed by atoms with Gasteiger partial charge in [0.05, 0.1) is 27.7 Å². The highest BCUT2D eigenvalue weighted by molar-refractivity contribution is 5.67. The molecule has 110 valence electrons. The van der Waals surface area contributed by atoms with Gasteiger partial charge in [-0.15, -0.1) is 0 Å². The van der Waals surface area contributed by atoms with E-state index in [0.717, 1.165) is 36.7 Å². The van der Waals surface area contributed by atoms with Gasteiger partial charge in [0.25, 0.3) is 0 Å². The largest absolute Gasteiger partial charge is 0.550 e. The predicted molar refractivity (Wildman–Crippen MR) is 72.9 cm³/mol. The lowest BCUT2D eigenvalue weighted by molar-refractivity contribution is -0.870. The molecule has 0 bridgehead atoms. The lowest BCUT2D eigenvalue weighted by Crippen LogP contribution is -2.35. The molecule has 1 N–H and O–H groups in total. The summed E-state index contributed by atoms with van der Waals surface area (Å²) in [5.41, 5.74) is 0. The van der Waals surface area contributed by atoms with E-state index in [2.05, 4.69) is 28.1 Å². The molecule has 0 aromatic heterocycles. The van der Waals surface area contributed by atoms with Crippen LogP contribution in [0.4, 0.5) is 0 Å². The molecule has 0 aliphatic heterocycles. The third-order valence-electron chi connectivity index (χ3n) is 2.72. The van der Waals surface area contributed by atoms with Crippen LogP contribution in [0.1, 0.15) is 46.0 Å². The number of hydrogen-bond acceptors (Lipinski definition) is 3. The minimum Gasteiger partial charge on any atom is -0.550 e.